The smallest absolute Gasteiger partial charge is 0.245 e. The number of hydrogen-bond acceptors (Lipinski definition) is 7. The molecule has 0 aliphatic carbocycles. The van der Waals surface area contributed by atoms with E-state index in [9.17, 15) is 0 Å². The molecule has 158 valence electrons. The van der Waals surface area contributed by atoms with Crippen LogP contribution in [0.2, 0.25) is 0 Å². The zero-order valence-corrected chi connectivity index (χ0v) is 17.9. The highest BCUT2D eigenvalue weighted by atomic mass is 32.2. The number of aromatic nitrogens is 5. The summed E-state index contributed by atoms with van der Waals surface area (Å²) in [7, 11) is 0. The van der Waals surface area contributed by atoms with Crippen molar-refractivity contribution in [3.8, 4) is 23.0 Å². The molecule has 1 atom stereocenters. The van der Waals surface area contributed by atoms with Crippen molar-refractivity contribution < 1.29 is 8.94 Å². The number of rotatable bonds is 8. The molecule has 7 nitrogen and oxygen atoms in total. The second-order valence-corrected chi connectivity index (χ2v) is 7.99. The molecule has 8 heteroatoms. The zero-order valence-electron chi connectivity index (χ0n) is 17.0. The van der Waals surface area contributed by atoms with E-state index in [1.165, 1.54) is 11.8 Å². The summed E-state index contributed by atoms with van der Waals surface area (Å²) in [5.41, 5.74) is 1.92. The molecule has 0 saturated heterocycles. The molecule has 2 aromatic carbocycles. The van der Waals surface area contributed by atoms with Crippen LogP contribution in [0.1, 0.15) is 16.7 Å². The Bertz CT molecular complexity index is 1300. The summed E-state index contributed by atoms with van der Waals surface area (Å²) in [6.45, 7) is 4.41. The lowest BCUT2D eigenvalue weighted by Crippen LogP contribution is -2.03. The highest BCUT2D eigenvalue weighted by Crippen LogP contribution is 2.40. The molecule has 0 saturated carbocycles. The molecule has 0 aliphatic heterocycles. The Morgan fingerprint density at radius 2 is 1.75 bits per heavy atom. The zero-order chi connectivity index (χ0) is 21.8. The van der Waals surface area contributed by atoms with E-state index in [0.717, 1.165) is 11.1 Å². The Kier molecular flexibility index (Phi) is 5.67. The van der Waals surface area contributed by atoms with Gasteiger partial charge in [-0.3, -0.25) is 4.57 Å². The van der Waals surface area contributed by atoms with Crippen molar-refractivity contribution in [2.45, 2.75) is 17.0 Å². The van der Waals surface area contributed by atoms with E-state index in [0.29, 0.717) is 35.0 Å². The quantitative estimate of drug-likeness (QED) is 0.227. The summed E-state index contributed by atoms with van der Waals surface area (Å²) < 4.78 is 13.2. The maximum absolute atomic E-state index is 5.71. The Morgan fingerprint density at radius 1 is 0.969 bits per heavy atom. The van der Waals surface area contributed by atoms with E-state index in [1.54, 1.807) is 12.3 Å². The summed E-state index contributed by atoms with van der Waals surface area (Å²) in [6, 6.07) is 23.5. The molecule has 0 aliphatic rings. The summed E-state index contributed by atoms with van der Waals surface area (Å²) in [5.74, 6) is 2.32. The molecule has 3 heterocycles. The Labute approximate surface area is 188 Å². The second kappa shape index (κ2) is 9.07. The van der Waals surface area contributed by atoms with Gasteiger partial charge in [0.1, 0.15) is 5.25 Å². The van der Waals surface area contributed by atoms with Crippen LogP contribution in [0.25, 0.3) is 23.0 Å². The molecular weight excluding hydrogens is 422 g/mol. The molecule has 32 heavy (non-hydrogen) atoms. The monoisotopic (exact) mass is 441 g/mol. The van der Waals surface area contributed by atoms with Crippen molar-refractivity contribution in [3.05, 3.63) is 103 Å². The number of nitrogens with zero attached hydrogens (tertiary/aromatic N) is 5. The third kappa shape index (κ3) is 4.00. The van der Waals surface area contributed by atoms with E-state index in [1.807, 2.05) is 77.4 Å². The van der Waals surface area contributed by atoms with Crippen LogP contribution in [0.3, 0.4) is 0 Å². The SMILES string of the molecule is C=CCn1c(S[C@H](c2ccccc2)c2nc(-c3ccccc3)no2)nnc1-c1ccco1. The largest absolute Gasteiger partial charge is 0.461 e. The lowest BCUT2D eigenvalue weighted by Gasteiger charge is -2.13. The molecule has 0 bridgehead atoms. The minimum atomic E-state index is -0.265. The highest BCUT2D eigenvalue weighted by molar-refractivity contribution is 7.99. The molecule has 0 spiro atoms. The Hall–Kier alpha value is -3.91. The van der Waals surface area contributed by atoms with E-state index < -0.39 is 0 Å². The van der Waals surface area contributed by atoms with Gasteiger partial charge in [0.15, 0.2) is 10.9 Å². The first-order valence-corrected chi connectivity index (χ1v) is 10.9. The van der Waals surface area contributed by atoms with Gasteiger partial charge in [-0.05, 0) is 17.7 Å². The highest BCUT2D eigenvalue weighted by Gasteiger charge is 2.27. The third-order valence-corrected chi connectivity index (χ3v) is 6.02. The molecule has 0 unspecified atom stereocenters. The van der Waals surface area contributed by atoms with Gasteiger partial charge >= 0.3 is 0 Å². The molecule has 5 aromatic rings. The normalized spacial score (nSPS) is 12.0. The fourth-order valence-electron chi connectivity index (χ4n) is 3.30. The van der Waals surface area contributed by atoms with Gasteiger partial charge in [-0.15, -0.1) is 16.8 Å². The fourth-order valence-corrected chi connectivity index (χ4v) is 4.37. The van der Waals surface area contributed by atoms with Crippen LogP contribution in [0.15, 0.2) is 106 Å². The summed E-state index contributed by atoms with van der Waals surface area (Å²) in [4.78, 5) is 4.69. The van der Waals surface area contributed by atoms with E-state index >= 15 is 0 Å². The molecule has 5 rings (SSSR count). The number of furan rings is 1. The fraction of sp³-hybridized carbons (Fsp3) is 0.0833. The van der Waals surface area contributed by atoms with Crippen molar-refractivity contribution >= 4 is 11.8 Å². The van der Waals surface area contributed by atoms with Gasteiger partial charge in [-0.2, -0.15) is 4.98 Å². The molecular formula is C24H19N5O2S. The standard InChI is InChI=1S/C24H19N5O2S/c1-2-15-29-22(19-14-9-16-30-19)26-27-24(29)32-20(17-10-5-3-6-11-17)23-25-21(28-31-23)18-12-7-4-8-13-18/h2-14,16,20H,1,15H2/t20-/m1/s1. The van der Waals surface area contributed by atoms with Crippen LogP contribution in [0, 0.1) is 0 Å². The van der Waals surface area contributed by atoms with Crippen molar-refractivity contribution in [1.29, 1.82) is 0 Å². The topological polar surface area (TPSA) is 82.8 Å². The maximum Gasteiger partial charge on any atom is 0.245 e. The van der Waals surface area contributed by atoms with Crippen molar-refractivity contribution in [2.75, 3.05) is 0 Å². The van der Waals surface area contributed by atoms with E-state index in [-0.39, 0.29) is 5.25 Å². The average molecular weight is 442 g/mol. The first-order valence-electron chi connectivity index (χ1n) is 10.0. The van der Waals surface area contributed by atoms with Crippen molar-refractivity contribution in [3.63, 3.8) is 0 Å². The van der Waals surface area contributed by atoms with Crippen molar-refractivity contribution in [1.82, 2.24) is 24.9 Å². The predicted octanol–water partition coefficient (Wildman–Crippen LogP) is 5.66. The molecule has 0 N–H and O–H groups in total. The Balaban J connectivity index is 1.54. The lowest BCUT2D eigenvalue weighted by molar-refractivity contribution is 0.384. The minimum Gasteiger partial charge on any atom is -0.461 e. The van der Waals surface area contributed by atoms with Crippen LogP contribution in [0.5, 0.6) is 0 Å². The molecule has 0 radical (unpaired) electrons. The van der Waals surface area contributed by atoms with Gasteiger partial charge in [0.2, 0.25) is 17.5 Å². The first-order chi connectivity index (χ1) is 15.8. The van der Waals surface area contributed by atoms with Gasteiger partial charge < -0.3 is 8.94 Å². The third-order valence-electron chi connectivity index (χ3n) is 4.79. The number of hydrogen-bond donors (Lipinski definition) is 0. The van der Waals surface area contributed by atoms with Crippen LogP contribution in [0.4, 0.5) is 0 Å². The molecule has 3 aromatic heterocycles. The first kappa shape index (κ1) is 20.0. The van der Waals surface area contributed by atoms with Gasteiger partial charge in [0.05, 0.1) is 6.26 Å². The Morgan fingerprint density at radius 3 is 2.47 bits per heavy atom. The second-order valence-electron chi connectivity index (χ2n) is 6.91. The number of allylic oxidation sites excluding steroid dienone is 1. The van der Waals surface area contributed by atoms with Crippen LogP contribution < -0.4 is 0 Å². The lowest BCUT2D eigenvalue weighted by atomic mass is 10.1. The number of benzene rings is 2. The van der Waals surface area contributed by atoms with Crippen LogP contribution >= 0.6 is 11.8 Å². The van der Waals surface area contributed by atoms with E-state index in [4.69, 9.17) is 13.9 Å². The maximum atomic E-state index is 5.71. The van der Waals surface area contributed by atoms with Crippen LogP contribution in [-0.4, -0.2) is 24.9 Å². The van der Waals surface area contributed by atoms with E-state index in [2.05, 4.69) is 21.9 Å². The van der Waals surface area contributed by atoms with Gasteiger partial charge in [0.25, 0.3) is 0 Å². The summed E-state index contributed by atoms with van der Waals surface area (Å²) in [6.07, 6.45) is 3.42. The summed E-state index contributed by atoms with van der Waals surface area (Å²) >= 11 is 1.49. The van der Waals surface area contributed by atoms with Gasteiger partial charge in [-0.25, -0.2) is 0 Å². The predicted molar refractivity (Wildman–Crippen MR) is 122 cm³/mol. The minimum absolute atomic E-state index is 0.265. The van der Waals surface area contributed by atoms with Crippen molar-refractivity contribution in [2.24, 2.45) is 0 Å². The van der Waals surface area contributed by atoms with Crippen LogP contribution in [-0.2, 0) is 6.54 Å². The number of thioether (sulfide) groups is 1. The van der Waals surface area contributed by atoms with Gasteiger partial charge in [0, 0.05) is 12.1 Å². The summed E-state index contributed by atoms with van der Waals surface area (Å²) in [5, 5.41) is 13.4. The molecule has 0 fully saturated rings. The average Bonchev–Trinajstić information content (AvgIpc) is 3.60. The molecule has 0 amide bonds. The van der Waals surface area contributed by atoms with Gasteiger partial charge in [-0.1, -0.05) is 83.7 Å².